The normalized spacial score (nSPS) is 11.4. The van der Waals surface area contributed by atoms with Crippen molar-refractivity contribution in [2.75, 3.05) is 6.54 Å². The lowest BCUT2D eigenvalue weighted by atomic mass is 10.2. The number of halogens is 4. The molecule has 8 nitrogen and oxygen atoms in total. The van der Waals surface area contributed by atoms with E-state index in [9.17, 15) is 28.1 Å². The zero-order valence-electron chi connectivity index (χ0n) is 17.1. The Balaban J connectivity index is 1.98. The number of nitro benzene ring substituents is 1. The second-order valence-corrected chi connectivity index (χ2v) is 8.76. The molecular formula is C20H17BrF3N5O3S. The van der Waals surface area contributed by atoms with Crippen LogP contribution in [0.5, 0.6) is 0 Å². The minimum atomic E-state index is -4.70. The van der Waals surface area contributed by atoms with Gasteiger partial charge in [-0.2, -0.15) is 13.2 Å². The Morgan fingerprint density at radius 1 is 1.21 bits per heavy atom. The van der Waals surface area contributed by atoms with Crippen molar-refractivity contribution in [3.8, 4) is 5.69 Å². The van der Waals surface area contributed by atoms with Crippen LogP contribution in [0.2, 0.25) is 0 Å². The first-order chi connectivity index (χ1) is 15.6. The second kappa shape index (κ2) is 10.3. The number of rotatable bonds is 8. The summed E-state index contributed by atoms with van der Waals surface area (Å²) in [6.45, 7) is 1.84. The molecule has 0 aliphatic heterocycles. The fourth-order valence-electron chi connectivity index (χ4n) is 2.91. The maximum Gasteiger partial charge on any atom is 0.416 e. The third kappa shape index (κ3) is 6.32. The smallest absolute Gasteiger partial charge is 0.356 e. The number of carbonyl (C=O) groups is 1. The van der Waals surface area contributed by atoms with Gasteiger partial charge in [0.1, 0.15) is 5.82 Å². The lowest BCUT2D eigenvalue weighted by Gasteiger charge is -2.12. The molecule has 0 saturated carbocycles. The fraction of sp³-hybridized carbons (Fsp3) is 0.250. The predicted molar refractivity (Wildman–Crippen MR) is 118 cm³/mol. The van der Waals surface area contributed by atoms with Gasteiger partial charge in [0.2, 0.25) is 11.1 Å². The molecule has 3 rings (SSSR count). The Morgan fingerprint density at radius 3 is 2.52 bits per heavy atom. The van der Waals surface area contributed by atoms with E-state index in [0.29, 0.717) is 37.0 Å². The Hall–Kier alpha value is -2.93. The van der Waals surface area contributed by atoms with Gasteiger partial charge < -0.3 is 5.32 Å². The van der Waals surface area contributed by atoms with Gasteiger partial charge in [-0.3, -0.25) is 19.5 Å². The molecule has 174 valence electrons. The molecule has 1 N–H and O–H groups in total. The topological polar surface area (TPSA) is 103 Å². The molecule has 0 unspecified atom stereocenters. The summed E-state index contributed by atoms with van der Waals surface area (Å²) in [6.07, 6.45) is -3.69. The second-order valence-electron chi connectivity index (χ2n) is 6.84. The van der Waals surface area contributed by atoms with E-state index in [0.717, 1.165) is 28.4 Å². The SMILES string of the molecule is CC(=O)NCCCc1nnc(Sc2ccc(C(F)(F)F)cc2[N+](=O)[O-])n1-c1ccc(Br)cc1. The molecule has 0 saturated heterocycles. The number of hydrogen-bond donors (Lipinski definition) is 1. The molecule has 0 atom stereocenters. The predicted octanol–water partition coefficient (Wildman–Crippen LogP) is 5.18. The molecule has 0 fully saturated rings. The standard InChI is InChI=1S/C20H17BrF3N5O3S/c1-12(30)25-10-2-3-18-26-27-19(28(18)15-7-5-14(21)6-8-15)33-17-9-4-13(20(22,23)24)11-16(17)29(31)32/h4-9,11H,2-3,10H2,1H3,(H,25,30). The van der Waals surface area contributed by atoms with Crippen molar-refractivity contribution >= 4 is 39.3 Å². The molecule has 13 heteroatoms. The lowest BCUT2D eigenvalue weighted by molar-refractivity contribution is -0.388. The third-order valence-corrected chi connectivity index (χ3v) is 5.96. The summed E-state index contributed by atoms with van der Waals surface area (Å²) in [5.41, 5.74) is -1.10. The number of aromatic nitrogens is 3. The van der Waals surface area contributed by atoms with Crippen molar-refractivity contribution in [1.82, 2.24) is 20.1 Å². The zero-order chi connectivity index (χ0) is 24.2. The number of amides is 1. The van der Waals surface area contributed by atoms with Crippen LogP contribution in [0.15, 0.2) is 57.0 Å². The fourth-order valence-corrected chi connectivity index (χ4v) is 4.13. The van der Waals surface area contributed by atoms with Crippen molar-refractivity contribution in [3.05, 3.63) is 68.4 Å². The van der Waals surface area contributed by atoms with Crippen LogP contribution >= 0.6 is 27.7 Å². The van der Waals surface area contributed by atoms with E-state index in [-0.39, 0.29) is 16.0 Å². The van der Waals surface area contributed by atoms with E-state index in [2.05, 4.69) is 31.4 Å². The summed E-state index contributed by atoms with van der Waals surface area (Å²) >= 11 is 4.21. The Labute approximate surface area is 198 Å². The van der Waals surface area contributed by atoms with Crippen LogP contribution in [0.25, 0.3) is 5.69 Å². The molecule has 0 aliphatic carbocycles. The Kier molecular flexibility index (Phi) is 7.74. The van der Waals surface area contributed by atoms with E-state index < -0.39 is 22.4 Å². The van der Waals surface area contributed by atoms with Gasteiger partial charge in [0.15, 0.2) is 0 Å². The Bertz CT molecular complexity index is 1170. The molecule has 1 aromatic heterocycles. The molecule has 0 aliphatic rings. The summed E-state index contributed by atoms with van der Waals surface area (Å²) in [5.74, 6) is 0.384. The van der Waals surface area contributed by atoms with Crippen LogP contribution < -0.4 is 5.32 Å². The molecule has 3 aromatic rings. The number of nitrogens with zero attached hydrogens (tertiary/aromatic N) is 4. The van der Waals surface area contributed by atoms with E-state index >= 15 is 0 Å². The average molecular weight is 544 g/mol. The summed E-state index contributed by atoms with van der Waals surface area (Å²) in [4.78, 5) is 21.7. The monoisotopic (exact) mass is 543 g/mol. The highest BCUT2D eigenvalue weighted by atomic mass is 79.9. The van der Waals surface area contributed by atoms with Gasteiger partial charge >= 0.3 is 6.18 Å². The van der Waals surface area contributed by atoms with Crippen LogP contribution in [-0.4, -0.2) is 32.1 Å². The van der Waals surface area contributed by atoms with Gasteiger partial charge in [-0.25, -0.2) is 0 Å². The van der Waals surface area contributed by atoms with Gasteiger partial charge in [-0.05, 0) is 54.6 Å². The molecule has 2 aromatic carbocycles. The van der Waals surface area contributed by atoms with Crippen molar-refractivity contribution in [3.63, 3.8) is 0 Å². The first-order valence-electron chi connectivity index (χ1n) is 9.54. The number of benzene rings is 2. The minimum Gasteiger partial charge on any atom is -0.356 e. The molecule has 0 spiro atoms. The molecule has 0 radical (unpaired) electrons. The van der Waals surface area contributed by atoms with Gasteiger partial charge in [0, 0.05) is 36.1 Å². The van der Waals surface area contributed by atoms with E-state index in [1.807, 2.05) is 0 Å². The highest BCUT2D eigenvalue weighted by Gasteiger charge is 2.33. The minimum absolute atomic E-state index is 0.00329. The average Bonchev–Trinajstić information content (AvgIpc) is 3.13. The van der Waals surface area contributed by atoms with Crippen LogP contribution in [0, 0.1) is 10.1 Å². The van der Waals surface area contributed by atoms with E-state index in [1.165, 1.54) is 6.92 Å². The first kappa shape index (κ1) is 24.7. The van der Waals surface area contributed by atoms with Crippen LogP contribution in [0.1, 0.15) is 24.7 Å². The van der Waals surface area contributed by atoms with Gasteiger partial charge in [0.05, 0.1) is 15.4 Å². The molecule has 33 heavy (non-hydrogen) atoms. The third-order valence-electron chi connectivity index (χ3n) is 4.42. The molecular weight excluding hydrogens is 527 g/mol. The zero-order valence-corrected chi connectivity index (χ0v) is 19.5. The van der Waals surface area contributed by atoms with Crippen molar-refractivity contribution < 1.29 is 22.9 Å². The maximum atomic E-state index is 13.0. The highest BCUT2D eigenvalue weighted by Crippen LogP contribution is 2.39. The van der Waals surface area contributed by atoms with Crippen LogP contribution in [0.4, 0.5) is 18.9 Å². The quantitative estimate of drug-likeness (QED) is 0.238. The summed E-state index contributed by atoms with van der Waals surface area (Å²) < 4.78 is 41.6. The van der Waals surface area contributed by atoms with E-state index in [4.69, 9.17) is 0 Å². The number of alkyl halides is 3. The summed E-state index contributed by atoms with van der Waals surface area (Å²) in [5, 5.41) is 22.7. The van der Waals surface area contributed by atoms with E-state index in [1.54, 1.807) is 28.8 Å². The van der Waals surface area contributed by atoms with Gasteiger partial charge in [-0.1, -0.05) is 15.9 Å². The number of carbonyl (C=O) groups excluding carboxylic acids is 1. The van der Waals surface area contributed by atoms with Gasteiger partial charge in [0.25, 0.3) is 5.69 Å². The highest BCUT2D eigenvalue weighted by molar-refractivity contribution is 9.10. The summed E-state index contributed by atoms with van der Waals surface area (Å²) in [6, 6.07) is 9.53. The molecule has 0 bridgehead atoms. The van der Waals surface area contributed by atoms with Gasteiger partial charge in [-0.15, -0.1) is 10.2 Å². The van der Waals surface area contributed by atoms with Crippen molar-refractivity contribution in [1.29, 1.82) is 0 Å². The van der Waals surface area contributed by atoms with Crippen LogP contribution in [0.3, 0.4) is 0 Å². The number of aryl methyl sites for hydroxylation is 1. The largest absolute Gasteiger partial charge is 0.416 e. The first-order valence-corrected chi connectivity index (χ1v) is 11.2. The summed E-state index contributed by atoms with van der Waals surface area (Å²) in [7, 11) is 0. The van der Waals surface area contributed by atoms with Crippen LogP contribution in [-0.2, 0) is 17.4 Å². The lowest BCUT2D eigenvalue weighted by Crippen LogP contribution is -2.21. The number of nitro groups is 1. The number of hydrogen-bond acceptors (Lipinski definition) is 6. The Morgan fingerprint density at radius 2 is 1.91 bits per heavy atom. The molecule has 1 heterocycles. The van der Waals surface area contributed by atoms with Crippen molar-refractivity contribution in [2.24, 2.45) is 0 Å². The molecule has 1 amide bonds. The number of nitrogens with one attached hydrogen (secondary N) is 1. The van der Waals surface area contributed by atoms with Crippen molar-refractivity contribution in [2.45, 2.75) is 36.0 Å². The maximum absolute atomic E-state index is 13.0.